The van der Waals surface area contributed by atoms with Crippen LogP contribution in [0.15, 0.2) is 24.3 Å². The summed E-state index contributed by atoms with van der Waals surface area (Å²) in [5.41, 5.74) is -0.0584. The maximum absolute atomic E-state index is 12.9. The number of nitrogens with zero attached hydrogens (tertiary/aromatic N) is 1. The zero-order chi connectivity index (χ0) is 16.7. The number of amides is 2. The van der Waals surface area contributed by atoms with Crippen molar-refractivity contribution in [2.24, 2.45) is 0 Å². The predicted octanol–water partition coefficient (Wildman–Crippen LogP) is 3.35. The molecule has 0 radical (unpaired) electrons. The average molecular weight is 312 g/mol. The summed E-state index contributed by atoms with van der Waals surface area (Å²) in [6, 6.07) is 4.39. The van der Waals surface area contributed by atoms with Gasteiger partial charge in [0.15, 0.2) is 0 Å². The van der Waals surface area contributed by atoms with E-state index >= 15 is 0 Å². The second kappa shape index (κ2) is 5.15. The van der Waals surface area contributed by atoms with Crippen molar-refractivity contribution in [3.8, 4) is 0 Å². The molecule has 7 heteroatoms. The van der Waals surface area contributed by atoms with Crippen LogP contribution >= 0.6 is 0 Å². The Bertz CT molecular complexity index is 663. The smallest absolute Gasteiger partial charge is 0.326 e. The van der Waals surface area contributed by atoms with Gasteiger partial charge in [-0.25, -0.2) is 0 Å². The zero-order valence-electron chi connectivity index (χ0n) is 12.3. The van der Waals surface area contributed by atoms with Gasteiger partial charge >= 0.3 is 12.1 Å². The van der Waals surface area contributed by atoms with Gasteiger partial charge in [-0.2, -0.15) is 13.2 Å². The minimum absolute atomic E-state index is 0.156. The molecule has 1 heterocycles. The third-order valence-electron chi connectivity index (χ3n) is 3.28. The molecule has 0 atom stereocenters. The first-order valence-electron chi connectivity index (χ1n) is 6.54. The molecule has 0 aliphatic carbocycles. The molecule has 0 spiro atoms. The highest BCUT2D eigenvalue weighted by Gasteiger charge is 2.48. The van der Waals surface area contributed by atoms with Crippen LogP contribution in [0.25, 0.3) is 6.08 Å². The topological polar surface area (TPSA) is 49.4 Å². The van der Waals surface area contributed by atoms with E-state index in [1.54, 1.807) is 6.08 Å². The second-order valence-corrected chi connectivity index (χ2v) is 5.58. The zero-order valence-corrected chi connectivity index (χ0v) is 12.3. The Labute approximate surface area is 125 Å². The Balaban J connectivity index is 2.51. The van der Waals surface area contributed by atoms with Crippen molar-refractivity contribution < 1.29 is 22.8 Å². The fourth-order valence-corrected chi connectivity index (χ4v) is 2.35. The number of carbonyl (C=O) groups excluding carboxylic acids is 2. The quantitative estimate of drug-likeness (QED) is 0.864. The van der Waals surface area contributed by atoms with Gasteiger partial charge in [0, 0.05) is 18.2 Å². The number of hydrogen-bond donors (Lipinski definition) is 1. The van der Waals surface area contributed by atoms with Crippen LogP contribution < -0.4 is 10.2 Å². The number of benzene rings is 1. The van der Waals surface area contributed by atoms with Crippen molar-refractivity contribution in [3.63, 3.8) is 0 Å². The van der Waals surface area contributed by atoms with Gasteiger partial charge in [-0.3, -0.25) is 14.5 Å². The van der Waals surface area contributed by atoms with E-state index in [9.17, 15) is 22.8 Å². The highest BCUT2D eigenvalue weighted by molar-refractivity contribution is 6.02. The fourth-order valence-electron chi connectivity index (χ4n) is 2.35. The van der Waals surface area contributed by atoms with Crippen molar-refractivity contribution in [1.29, 1.82) is 0 Å². The molecule has 0 unspecified atom stereocenters. The molecule has 1 N–H and O–H groups in total. The summed E-state index contributed by atoms with van der Waals surface area (Å²) in [7, 11) is 0. The van der Waals surface area contributed by atoms with Crippen molar-refractivity contribution in [2.75, 3.05) is 10.2 Å². The molecule has 1 aliphatic rings. The lowest BCUT2D eigenvalue weighted by atomic mass is 9.93. The van der Waals surface area contributed by atoms with Crippen LogP contribution in [-0.2, 0) is 9.59 Å². The van der Waals surface area contributed by atoms with Crippen LogP contribution in [-0.4, -0.2) is 23.5 Å². The van der Waals surface area contributed by atoms with Gasteiger partial charge in [0.2, 0.25) is 5.91 Å². The largest absolute Gasteiger partial charge is 0.471 e. The number of rotatable bonds is 1. The maximum atomic E-state index is 12.9. The summed E-state index contributed by atoms with van der Waals surface area (Å²) >= 11 is 0. The molecule has 0 aromatic heterocycles. The first-order chi connectivity index (χ1) is 10.0. The van der Waals surface area contributed by atoms with Crippen LogP contribution in [0.3, 0.4) is 0 Å². The monoisotopic (exact) mass is 312 g/mol. The van der Waals surface area contributed by atoms with Crippen molar-refractivity contribution in [1.82, 2.24) is 0 Å². The summed E-state index contributed by atoms with van der Waals surface area (Å²) in [6.07, 6.45) is -1.80. The Morgan fingerprint density at radius 2 is 1.86 bits per heavy atom. The standard InChI is InChI=1S/C15H15F3N2O2/c1-9(21)19-11-4-5-12-10(8-11)6-7-14(2,3)20(12)13(22)15(16,17)18/h4-8H,1-3H3,(H,19,21). The molecule has 0 saturated heterocycles. The fraction of sp³-hybridized carbons (Fsp3) is 0.333. The molecular weight excluding hydrogens is 297 g/mol. The third kappa shape index (κ3) is 2.98. The summed E-state index contributed by atoms with van der Waals surface area (Å²) in [5.74, 6) is -2.21. The van der Waals surface area contributed by atoms with E-state index in [1.807, 2.05) is 0 Å². The van der Waals surface area contributed by atoms with Crippen LogP contribution in [0.2, 0.25) is 0 Å². The number of halogens is 3. The van der Waals surface area contributed by atoms with Crippen LogP contribution in [0.4, 0.5) is 24.5 Å². The maximum Gasteiger partial charge on any atom is 0.471 e. The number of carbonyl (C=O) groups is 2. The minimum atomic E-state index is -4.96. The Morgan fingerprint density at radius 1 is 1.23 bits per heavy atom. The summed E-state index contributed by atoms with van der Waals surface area (Å²) < 4.78 is 38.6. The molecular formula is C15H15F3N2O2. The molecule has 0 bridgehead atoms. The Morgan fingerprint density at radius 3 is 2.41 bits per heavy atom. The molecule has 4 nitrogen and oxygen atoms in total. The first-order valence-corrected chi connectivity index (χ1v) is 6.54. The summed E-state index contributed by atoms with van der Waals surface area (Å²) in [5, 5.41) is 2.55. The van der Waals surface area contributed by atoms with Gasteiger partial charge in [-0.1, -0.05) is 12.2 Å². The van der Waals surface area contributed by atoms with Gasteiger partial charge in [0.1, 0.15) is 0 Å². The van der Waals surface area contributed by atoms with Gasteiger partial charge in [-0.05, 0) is 32.0 Å². The number of alkyl halides is 3. The van der Waals surface area contributed by atoms with E-state index in [2.05, 4.69) is 5.32 Å². The van der Waals surface area contributed by atoms with Gasteiger partial charge in [0.25, 0.3) is 0 Å². The predicted molar refractivity (Wildman–Crippen MR) is 77.4 cm³/mol. The van der Waals surface area contributed by atoms with Crippen molar-refractivity contribution in [2.45, 2.75) is 32.5 Å². The van der Waals surface area contributed by atoms with Gasteiger partial charge in [-0.15, -0.1) is 0 Å². The van der Waals surface area contributed by atoms with E-state index < -0.39 is 17.6 Å². The highest BCUT2D eigenvalue weighted by Crippen LogP contribution is 2.38. The van der Waals surface area contributed by atoms with E-state index in [-0.39, 0.29) is 11.6 Å². The van der Waals surface area contributed by atoms with E-state index in [1.165, 1.54) is 45.0 Å². The lowest BCUT2D eigenvalue weighted by Crippen LogP contribution is -2.53. The summed E-state index contributed by atoms with van der Waals surface area (Å²) in [6.45, 7) is 4.38. The van der Waals surface area contributed by atoms with Crippen molar-refractivity contribution in [3.05, 3.63) is 29.8 Å². The number of fused-ring (bicyclic) bond motifs is 1. The summed E-state index contributed by atoms with van der Waals surface area (Å²) in [4.78, 5) is 23.5. The number of hydrogen-bond acceptors (Lipinski definition) is 2. The van der Waals surface area contributed by atoms with Crippen LogP contribution in [0.5, 0.6) is 0 Å². The highest BCUT2D eigenvalue weighted by atomic mass is 19.4. The molecule has 0 fully saturated rings. The number of anilines is 2. The molecule has 22 heavy (non-hydrogen) atoms. The normalized spacial score (nSPS) is 16.2. The Hall–Kier alpha value is -2.31. The molecule has 1 aromatic carbocycles. The number of nitrogens with one attached hydrogen (secondary N) is 1. The first kappa shape index (κ1) is 16.1. The van der Waals surface area contributed by atoms with Gasteiger partial charge in [0.05, 0.1) is 11.2 Å². The lowest BCUT2D eigenvalue weighted by molar-refractivity contribution is -0.171. The molecule has 2 rings (SSSR count). The van der Waals surface area contributed by atoms with E-state index in [0.29, 0.717) is 11.3 Å². The molecule has 0 saturated carbocycles. The van der Waals surface area contributed by atoms with E-state index in [0.717, 1.165) is 4.90 Å². The van der Waals surface area contributed by atoms with Gasteiger partial charge < -0.3 is 5.32 Å². The third-order valence-corrected chi connectivity index (χ3v) is 3.28. The molecule has 118 valence electrons. The molecule has 1 aromatic rings. The molecule has 1 aliphatic heterocycles. The van der Waals surface area contributed by atoms with Crippen LogP contribution in [0, 0.1) is 0 Å². The SMILES string of the molecule is CC(=O)Nc1ccc2c(c1)C=CC(C)(C)N2C(=O)C(F)(F)F. The Kier molecular flexibility index (Phi) is 3.76. The minimum Gasteiger partial charge on any atom is -0.326 e. The van der Waals surface area contributed by atoms with Crippen LogP contribution in [0.1, 0.15) is 26.3 Å². The van der Waals surface area contributed by atoms with Crippen molar-refractivity contribution >= 4 is 29.3 Å². The van der Waals surface area contributed by atoms with E-state index in [4.69, 9.17) is 0 Å². The lowest BCUT2D eigenvalue weighted by Gasteiger charge is -2.40. The molecule has 2 amide bonds. The second-order valence-electron chi connectivity index (χ2n) is 5.58. The average Bonchev–Trinajstić information content (AvgIpc) is 2.36.